The number of nitrogens with one attached hydrogen (secondary N) is 2. The molecule has 3 aliphatic rings. The van der Waals surface area contributed by atoms with Crippen LogP contribution in [0.5, 0.6) is 5.75 Å². The van der Waals surface area contributed by atoms with Crippen LogP contribution < -0.4 is 21.3 Å². The van der Waals surface area contributed by atoms with Crippen molar-refractivity contribution in [2.75, 3.05) is 43.7 Å². The number of urea groups is 1. The quantitative estimate of drug-likeness (QED) is 0.125. The molecule has 5 rings (SSSR count). The number of aromatic hydroxyl groups is 1. The number of aliphatic hydroxyl groups is 1. The van der Waals surface area contributed by atoms with E-state index in [1.54, 1.807) is 19.0 Å². The van der Waals surface area contributed by atoms with Crippen molar-refractivity contribution in [1.29, 1.82) is 0 Å². The fourth-order valence-electron chi connectivity index (χ4n) is 7.18. The summed E-state index contributed by atoms with van der Waals surface area (Å²) in [6, 6.07) is 1.44. The number of hydrogen-bond donors (Lipinski definition) is 5. The summed E-state index contributed by atoms with van der Waals surface area (Å²) >= 11 is 0. The third-order valence-corrected chi connectivity index (χ3v) is 9.17. The molecule has 6 atom stereocenters. The van der Waals surface area contributed by atoms with E-state index in [4.69, 9.17) is 5.73 Å². The van der Waals surface area contributed by atoms with Gasteiger partial charge in [-0.15, -0.1) is 0 Å². The predicted molar refractivity (Wildman–Crippen MR) is 161 cm³/mol. The Morgan fingerprint density at radius 2 is 1.70 bits per heavy atom. The van der Waals surface area contributed by atoms with Gasteiger partial charge in [0.05, 0.1) is 34.2 Å². The third-order valence-electron chi connectivity index (χ3n) is 9.17. The molecule has 2 saturated carbocycles. The first-order valence-electron chi connectivity index (χ1n) is 14.3. The largest absolute Gasteiger partial charge is 0.505 e. The first kappa shape index (κ1) is 33.1. The van der Waals surface area contributed by atoms with Crippen LogP contribution in [0.1, 0.15) is 22.3 Å². The molecule has 2 aromatic carbocycles. The molecule has 6 N–H and O–H groups in total. The van der Waals surface area contributed by atoms with E-state index < -0.39 is 92.6 Å². The molecule has 0 heterocycles. The SMILES string of the molecule is CN(C)c1cc(NC(=O)Nc2ccc(F)cc2[N+](=O)[O-])c(O)c2c1C[C@H]1C[C@H]3[C@H](N(C)C)C(=O)C(C(N)=O)C(=O)[C@@]3(O)C(=O)C1C2=O. The molecule has 0 aliphatic heterocycles. The number of carbonyl (C=O) groups is 6. The molecule has 0 aromatic heterocycles. The highest BCUT2D eigenvalue weighted by Gasteiger charge is 2.69. The van der Waals surface area contributed by atoms with E-state index in [9.17, 15) is 53.5 Å². The van der Waals surface area contributed by atoms with Crippen LogP contribution >= 0.6 is 0 Å². The van der Waals surface area contributed by atoms with Crippen LogP contribution in [-0.4, -0.2) is 94.9 Å². The smallest absolute Gasteiger partial charge is 0.323 e. The lowest BCUT2D eigenvalue weighted by Gasteiger charge is -2.52. The summed E-state index contributed by atoms with van der Waals surface area (Å²) in [5, 5.41) is 38.9. The summed E-state index contributed by atoms with van der Waals surface area (Å²) in [4.78, 5) is 93.4. The molecule has 17 heteroatoms. The van der Waals surface area contributed by atoms with Crippen LogP contribution in [0, 0.1) is 39.6 Å². The van der Waals surface area contributed by atoms with Gasteiger partial charge in [-0.1, -0.05) is 0 Å². The van der Waals surface area contributed by atoms with E-state index in [-0.39, 0.29) is 29.8 Å². The average Bonchev–Trinajstić information content (AvgIpc) is 2.96. The molecule has 0 saturated heterocycles. The van der Waals surface area contributed by atoms with Crippen molar-refractivity contribution < 1.29 is 48.3 Å². The van der Waals surface area contributed by atoms with E-state index >= 15 is 0 Å². The van der Waals surface area contributed by atoms with Crippen LogP contribution in [0.15, 0.2) is 24.3 Å². The standard InChI is InChI=1S/C30H31FN6O10/c1-35(2)17-10-16(34-29(44)33-15-6-5-12(31)9-18(15)37(46)47)23(38)20-13(17)7-11-8-14-22(36(3)4)25(40)21(28(32)43)27(42)30(14,45)26(41)19(11)24(20)39/h5-6,9-11,14,19,21-22,38,45H,7-8H2,1-4H3,(H2,32,43)(H2,33,34,44)/t11-,14-,19?,21?,22-,30-/m0/s1. The maximum absolute atomic E-state index is 14.1. The number of fused-ring (bicyclic) bond motifs is 3. The summed E-state index contributed by atoms with van der Waals surface area (Å²) in [5.74, 6) is -13.4. The van der Waals surface area contributed by atoms with Gasteiger partial charge in [-0.25, -0.2) is 9.18 Å². The van der Waals surface area contributed by atoms with E-state index in [1.165, 1.54) is 25.1 Å². The number of anilines is 3. The number of ketones is 4. The first-order valence-corrected chi connectivity index (χ1v) is 14.3. The number of carbonyl (C=O) groups excluding carboxylic acids is 6. The van der Waals surface area contributed by atoms with Crippen molar-refractivity contribution in [3.05, 3.63) is 51.3 Å². The highest BCUT2D eigenvalue weighted by Crippen LogP contribution is 2.52. The van der Waals surface area contributed by atoms with Crippen LogP contribution in [0.25, 0.3) is 0 Å². The summed E-state index contributed by atoms with van der Waals surface area (Å²) in [5.41, 5.74) is 1.26. The van der Waals surface area contributed by atoms with Gasteiger partial charge in [-0.05, 0) is 56.6 Å². The number of halogens is 1. The van der Waals surface area contributed by atoms with Crippen molar-refractivity contribution in [3.8, 4) is 5.75 Å². The summed E-state index contributed by atoms with van der Waals surface area (Å²) in [6.45, 7) is 0. The number of hydrogen-bond acceptors (Lipinski definition) is 12. The van der Waals surface area contributed by atoms with Crippen LogP contribution in [-0.2, 0) is 25.6 Å². The van der Waals surface area contributed by atoms with Crippen LogP contribution in [0.3, 0.4) is 0 Å². The first-order chi connectivity index (χ1) is 21.9. The third kappa shape index (κ3) is 5.07. The number of Topliss-reactive ketones (excluding diaryl/α,β-unsaturated/α-hetero) is 4. The van der Waals surface area contributed by atoms with Gasteiger partial charge in [0, 0.05) is 25.7 Å². The lowest BCUT2D eigenvalue weighted by molar-refractivity contribution is -0.384. The fourth-order valence-corrected chi connectivity index (χ4v) is 7.18. The van der Waals surface area contributed by atoms with Gasteiger partial charge >= 0.3 is 6.03 Å². The van der Waals surface area contributed by atoms with Crippen molar-refractivity contribution in [1.82, 2.24) is 4.90 Å². The number of rotatable bonds is 6. The lowest BCUT2D eigenvalue weighted by Crippen LogP contribution is -2.74. The predicted octanol–water partition coefficient (Wildman–Crippen LogP) is 0.624. The average molecular weight is 655 g/mol. The van der Waals surface area contributed by atoms with E-state index in [0.717, 1.165) is 12.1 Å². The molecule has 3 aliphatic carbocycles. The monoisotopic (exact) mass is 654 g/mol. The molecule has 2 unspecified atom stereocenters. The minimum Gasteiger partial charge on any atom is -0.505 e. The molecule has 2 fully saturated rings. The number of nitrogens with zero attached hydrogens (tertiary/aromatic N) is 3. The van der Waals surface area contributed by atoms with Crippen molar-refractivity contribution in [2.24, 2.45) is 29.4 Å². The highest BCUT2D eigenvalue weighted by atomic mass is 19.1. The zero-order valence-electron chi connectivity index (χ0n) is 25.6. The Morgan fingerprint density at radius 3 is 2.28 bits per heavy atom. The van der Waals surface area contributed by atoms with Gasteiger partial charge in [0.1, 0.15) is 17.3 Å². The number of phenols is 1. The van der Waals surface area contributed by atoms with E-state index in [2.05, 4.69) is 10.6 Å². The molecule has 3 amide bonds. The highest BCUT2D eigenvalue weighted by molar-refractivity contribution is 6.32. The minimum absolute atomic E-state index is 0.0127. The Morgan fingerprint density at radius 1 is 1.06 bits per heavy atom. The molecule has 2 aromatic rings. The topological polar surface area (TPSA) is 243 Å². The van der Waals surface area contributed by atoms with Gasteiger partial charge in [-0.2, -0.15) is 0 Å². The fraction of sp³-hybridized carbons (Fsp3) is 0.400. The number of benzene rings is 2. The maximum Gasteiger partial charge on any atom is 0.323 e. The lowest BCUT2D eigenvalue weighted by atomic mass is 9.52. The van der Waals surface area contributed by atoms with Crippen LogP contribution in [0.4, 0.5) is 31.9 Å². The van der Waals surface area contributed by atoms with Gasteiger partial charge in [-0.3, -0.25) is 39.0 Å². The number of primary amides is 1. The normalized spacial score (nSPS) is 26.7. The minimum atomic E-state index is -2.91. The Balaban J connectivity index is 1.56. The Labute approximate surface area is 265 Å². The molecule has 0 spiro atoms. The second kappa shape index (κ2) is 11.5. The zero-order valence-corrected chi connectivity index (χ0v) is 25.6. The Bertz CT molecular complexity index is 1790. The van der Waals surface area contributed by atoms with E-state index in [0.29, 0.717) is 17.3 Å². The number of nitrogens with two attached hydrogens (primary N) is 1. The number of nitro groups is 1. The van der Waals surface area contributed by atoms with Crippen molar-refractivity contribution in [3.63, 3.8) is 0 Å². The zero-order chi connectivity index (χ0) is 34.9. The number of nitro benzene ring substituents is 1. The summed E-state index contributed by atoms with van der Waals surface area (Å²) < 4.78 is 13.6. The number of likely N-dealkylation sites (N-methyl/N-ethyl adjacent to an activating group) is 1. The van der Waals surface area contributed by atoms with Crippen molar-refractivity contribution in [2.45, 2.75) is 24.5 Å². The second-order valence-corrected chi connectivity index (χ2v) is 12.3. The molecule has 16 nitrogen and oxygen atoms in total. The molecular weight excluding hydrogens is 623 g/mol. The molecule has 47 heavy (non-hydrogen) atoms. The number of phenolic OH excluding ortho intramolecular Hbond substituents is 1. The van der Waals surface area contributed by atoms with E-state index in [1.807, 2.05) is 0 Å². The molecule has 0 bridgehead atoms. The molecule has 248 valence electrons. The summed E-state index contributed by atoms with van der Waals surface area (Å²) in [6.07, 6.45) is -0.155. The second-order valence-electron chi connectivity index (χ2n) is 12.3. The molecular formula is C30H31FN6O10. The maximum atomic E-state index is 14.1. The number of amides is 3. The van der Waals surface area contributed by atoms with Gasteiger partial charge in [0.2, 0.25) is 5.91 Å². The molecule has 0 radical (unpaired) electrons. The van der Waals surface area contributed by atoms with Crippen molar-refractivity contribution >= 4 is 57.8 Å². The Hall–Kier alpha value is -5.29. The van der Waals surface area contributed by atoms with Crippen LogP contribution in [0.2, 0.25) is 0 Å². The summed E-state index contributed by atoms with van der Waals surface area (Å²) in [7, 11) is 6.19. The van der Waals surface area contributed by atoms with Gasteiger partial charge in [0.25, 0.3) is 5.69 Å². The van der Waals surface area contributed by atoms with Gasteiger partial charge in [0.15, 0.2) is 34.7 Å². The Kier molecular flexibility index (Phi) is 8.10. The van der Waals surface area contributed by atoms with Gasteiger partial charge < -0.3 is 31.5 Å².